The molecule has 0 amide bonds. The molecule has 0 aliphatic heterocycles. The summed E-state index contributed by atoms with van der Waals surface area (Å²) in [5.74, 6) is -2.76. The molecule has 0 aromatic heterocycles. The summed E-state index contributed by atoms with van der Waals surface area (Å²) in [5.41, 5.74) is 2.71. The minimum absolute atomic E-state index is 0.131. The van der Waals surface area contributed by atoms with E-state index in [2.05, 4.69) is 0 Å². The molecule has 0 aliphatic carbocycles. The lowest BCUT2D eigenvalue weighted by atomic mass is 10.2. The molecular formula is C13H15F6N3O7S. The Morgan fingerprint density at radius 2 is 1.67 bits per heavy atom. The molecule has 172 valence electrons. The summed E-state index contributed by atoms with van der Waals surface area (Å²) in [6.07, 6.45) is -9.94. The number of benzene rings is 1. The lowest BCUT2D eigenvalue weighted by Gasteiger charge is -2.20. The highest BCUT2D eigenvalue weighted by Gasteiger charge is 2.38. The minimum Gasteiger partial charge on any atom is -0.475 e. The van der Waals surface area contributed by atoms with E-state index in [4.69, 9.17) is 20.7 Å². The molecule has 0 radical (unpaired) electrons. The first-order chi connectivity index (χ1) is 13.5. The van der Waals surface area contributed by atoms with E-state index in [0.29, 0.717) is 16.4 Å². The van der Waals surface area contributed by atoms with Crippen LogP contribution in [-0.4, -0.2) is 66.2 Å². The van der Waals surface area contributed by atoms with Crippen LogP contribution in [0.3, 0.4) is 0 Å². The van der Waals surface area contributed by atoms with Crippen molar-refractivity contribution in [3.05, 3.63) is 33.9 Å². The summed E-state index contributed by atoms with van der Waals surface area (Å²) in [4.78, 5) is 17.8. The van der Waals surface area contributed by atoms with Gasteiger partial charge in [-0.1, -0.05) is 0 Å². The quantitative estimate of drug-likeness (QED) is 0.303. The largest absolute Gasteiger partial charge is 0.490 e. The Kier molecular flexibility index (Phi) is 9.63. The van der Waals surface area contributed by atoms with Crippen molar-refractivity contribution in [2.45, 2.75) is 17.2 Å². The van der Waals surface area contributed by atoms with Crippen molar-refractivity contribution in [3.63, 3.8) is 0 Å². The zero-order valence-electron chi connectivity index (χ0n) is 14.6. The number of hydrogen-bond acceptors (Lipinski definition) is 7. The molecule has 1 aromatic carbocycles. The van der Waals surface area contributed by atoms with E-state index in [1.54, 1.807) is 0 Å². The molecule has 0 fully saturated rings. The van der Waals surface area contributed by atoms with Crippen LogP contribution in [0.25, 0.3) is 0 Å². The number of nitro benzene ring substituents is 1. The van der Waals surface area contributed by atoms with Crippen LogP contribution in [0.15, 0.2) is 23.1 Å². The fourth-order valence-corrected chi connectivity index (χ4v) is 3.38. The van der Waals surface area contributed by atoms with Crippen molar-refractivity contribution in [1.29, 1.82) is 0 Å². The second-order valence-corrected chi connectivity index (χ2v) is 7.06. The van der Waals surface area contributed by atoms with Gasteiger partial charge in [-0.05, 0) is 12.1 Å². The van der Waals surface area contributed by atoms with E-state index in [0.717, 1.165) is 0 Å². The van der Waals surface area contributed by atoms with Crippen LogP contribution in [0.2, 0.25) is 0 Å². The van der Waals surface area contributed by atoms with Gasteiger partial charge in [0.1, 0.15) is 0 Å². The summed E-state index contributed by atoms with van der Waals surface area (Å²) in [6.45, 7) is -1.35. The van der Waals surface area contributed by atoms with E-state index >= 15 is 0 Å². The Morgan fingerprint density at radius 3 is 2.00 bits per heavy atom. The molecule has 4 N–H and O–H groups in total. The Balaban J connectivity index is 0.00000103. The number of nitrogens with two attached hydrogens (primary N) is 1. The standard InChI is InChI=1S/C11H14F3N3O5S.C2HF3O2/c12-11(13,14)8-1-2-10(9(7-8)17(19)20)23(21,22)16(4-3-15)5-6-18;3-2(4,5)1(6)7/h1-2,7,18H,3-6,15H2;(H,6,7). The van der Waals surface area contributed by atoms with Gasteiger partial charge in [-0.15, -0.1) is 0 Å². The Hall–Kier alpha value is -2.50. The molecule has 30 heavy (non-hydrogen) atoms. The minimum atomic E-state index is -5.08. The van der Waals surface area contributed by atoms with Crippen LogP contribution >= 0.6 is 0 Å². The molecule has 0 saturated heterocycles. The zero-order valence-corrected chi connectivity index (χ0v) is 15.5. The highest BCUT2D eigenvalue weighted by atomic mass is 32.2. The smallest absolute Gasteiger partial charge is 0.475 e. The molecule has 10 nitrogen and oxygen atoms in total. The molecule has 0 bridgehead atoms. The zero-order chi connectivity index (χ0) is 23.9. The third-order valence-corrected chi connectivity index (χ3v) is 5.02. The molecule has 0 heterocycles. The number of alkyl halides is 6. The van der Waals surface area contributed by atoms with Crippen molar-refractivity contribution in [2.24, 2.45) is 5.73 Å². The van der Waals surface area contributed by atoms with Gasteiger partial charge in [-0.2, -0.15) is 30.6 Å². The van der Waals surface area contributed by atoms with E-state index in [1.165, 1.54) is 0 Å². The molecule has 0 saturated carbocycles. The molecule has 0 unspecified atom stereocenters. The summed E-state index contributed by atoms with van der Waals surface area (Å²) in [7, 11) is -4.48. The average molecular weight is 471 g/mol. The lowest BCUT2D eigenvalue weighted by Crippen LogP contribution is -2.37. The average Bonchev–Trinajstić information content (AvgIpc) is 2.59. The van der Waals surface area contributed by atoms with E-state index < -0.39 is 62.6 Å². The molecule has 0 spiro atoms. The number of hydrogen-bond donors (Lipinski definition) is 3. The maximum Gasteiger partial charge on any atom is 0.490 e. The number of carboxylic acids is 1. The number of rotatable bonds is 7. The molecule has 1 rings (SSSR count). The van der Waals surface area contributed by atoms with Crippen LogP contribution in [0.1, 0.15) is 5.56 Å². The Morgan fingerprint density at radius 1 is 1.17 bits per heavy atom. The van der Waals surface area contributed by atoms with Crippen LogP contribution in [0, 0.1) is 10.1 Å². The second kappa shape index (κ2) is 10.5. The maximum atomic E-state index is 12.6. The van der Waals surface area contributed by atoms with Crippen LogP contribution in [0.4, 0.5) is 32.0 Å². The van der Waals surface area contributed by atoms with Gasteiger partial charge in [0.25, 0.3) is 5.69 Å². The SMILES string of the molecule is NCCN(CCO)S(=O)(=O)c1ccc(C(F)(F)F)cc1[N+](=O)[O-].O=C(O)C(F)(F)F. The molecule has 1 aromatic rings. The van der Waals surface area contributed by atoms with Crippen molar-refractivity contribution in [3.8, 4) is 0 Å². The Labute approximate surface area is 164 Å². The van der Waals surface area contributed by atoms with Gasteiger partial charge in [-0.3, -0.25) is 10.1 Å². The molecule has 0 atom stereocenters. The first-order valence-corrected chi connectivity index (χ1v) is 8.91. The van der Waals surface area contributed by atoms with Gasteiger partial charge in [0.2, 0.25) is 10.0 Å². The fourth-order valence-electron chi connectivity index (χ4n) is 1.80. The number of carboxylic acid groups (broad SMARTS) is 1. The number of nitro groups is 1. The van der Waals surface area contributed by atoms with Gasteiger partial charge < -0.3 is 15.9 Å². The molecule has 17 heteroatoms. The number of halogens is 6. The van der Waals surface area contributed by atoms with E-state index in [-0.39, 0.29) is 19.2 Å². The van der Waals surface area contributed by atoms with Gasteiger partial charge in [0.15, 0.2) is 4.90 Å². The third kappa shape index (κ3) is 7.73. The van der Waals surface area contributed by atoms with Crippen molar-refractivity contribution in [2.75, 3.05) is 26.2 Å². The van der Waals surface area contributed by atoms with Gasteiger partial charge in [0, 0.05) is 25.7 Å². The van der Waals surface area contributed by atoms with Crippen molar-refractivity contribution < 1.29 is 54.7 Å². The number of aliphatic hydroxyl groups excluding tert-OH is 1. The van der Waals surface area contributed by atoms with Crippen molar-refractivity contribution in [1.82, 2.24) is 4.31 Å². The van der Waals surface area contributed by atoms with Crippen molar-refractivity contribution >= 4 is 21.7 Å². The predicted molar refractivity (Wildman–Crippen MR) is 86.7 cm³/mol. The number of aliphatic hydroxyl groups is 1. The Bertz CT molecular complexity index is 852. The number of aliphatic carboxylic acids is 1. The summed E-state index contributed by atoms with van der Waals surface area (Å²) < 4.78 is 95.0. The number of carbonyl (C=O) groups is 1. The maximum absolute atomic E-state index is 12.6. The summed E-state index contributed by atoms with van der Waals surface area (Å²) >= 11 is 0. The summed E-state index contributed by atoms with van der Waals surface area (Å²) in [5, 5.41) is 27.0. The monoisotopic (exact) mass is 471 g/mol. The topological polar surface area (TPSA) is 164 Å². The highest BCUT2D eigenvalue weighted by Crippen LogP contribution is 2.35. The van der Waals surface area contributed by atoms with Crippen LogP contribution < -0.4 is 5.73 Å². The normalized spacial score (nSPS) is 12.3. The van der Waals surface area contributed by atoms with Crippen LogP contribution in [0.5, 0.6) is 0 Å². The van der Waals surface area contributed by atoms with Gasteiger partial charge in [0.05, 0.1) is 17.1 Å². The first-order valence-electron chi connectivity index (χ1n) is 7.47. The lowest BCUT2D eigenvalue weighted by molar-refractivity contribution is -0.388. The van der Waals surface area contributed by atoms with E-state index in [1.807, 2.05) is 0 Å². The molecule has 0 aliphatic rings. The van der Waals surface area contributed by atoms with Gasteiger partial charge in [-0.25, -0.2) is 13.2 Å². The van der Waals surface area contributed by atoms with E-state index in [9.17, 15) is 44.9 Å². The van der Waals surface area contributed by atoms with Crippen LogP contribution in [-0.2, 0) is 21.0 Å². The molecular weight excluding hydrogens is 456 g/mol. The number of nitrogens with zero attached hydrogens (tertiary/aromatic N) is 2. The second-order valence-electron chi connectivity index (χ2n) is 5.16. The summed E-state index contributed by atoms with van der Waals surface area (Å²) in [6, 6.07) is 1.13. The number of sulfonamides is 1. The third-order valence-electron chi connectivity index (χ3n) is 3.07. The predicted octanol–water partition coefficient (Wildman–Crippen LogP) is 1.19. The highest BCUT2D eigenvalue weighted by molar-refractivity contribution is 7.89. The fraction of sp³-hybridized carbons (Fsp3) is 0.462. The van der Waals surface area contributed by atoms with Gasteiger partial charge >= 0.3 is 18.3 Å². The first kappa shape index (κ1) is 27.5.